The third kappa shape index (κ3) is 3.25. The zero-order valence-corrected chi connectivity index (χ0v) is 11.4. The molecule has 0 spiro atoms. The summed E-state index contributed by atoms with van der Waals surface area (Å²) in [5.41, 5.74) is -1.22. The van der Waals surface area contributed by atoms with Crippen molar-refractivity contribution in [2.24, 2.45) is 0 Å². The van der Waals surface area contributed by atoms with Gasteiger partial charge in [-0.2, -0.15) is 9.78 Å². The second kappa shape index (κ2) is 6.45. The van der Waals surface area contributed by atoms with Gasteiger partial charge in [-0.15, -0.1) is 0 Å². The van der Waals surface area contributed by atoms with E-state index in [1.807, 2.05) is 6.92 Å². The van der Waals surface area contributed by atoms with Crippen molar-refractivity contribution in [3.05, 3.63) is 51.9 Å². The minimum Gasteiger partial charge on any atom is -0.506 e. The molecule has 0 radical (unpaired) electrons. The number of aromatic hydroxyl groups is 1. The van der Waals surface area contributed by atoms with Gasteiger partial charge in [0.05, 0.1) is 0 Å². The van der Waals surface area contributed by atoms with Crippen LogP contribution in [0.5, 0.6) is 5.75 Å². The molecule has 0 saturated carbocycles. The zero-order chi connectivity index (χ0) is 15.4. The Morgan fingerprint density at radius 3 is 2.62 bits per heavy atom. The molecule has 1 aromatic heterocycles. The lowest BCUT2D eigenvalue weighted by Crippen LogP contribution is -2.25. The Kier molecular flexibility index (Phi) is 4.64. The van der Waals surface area contributed by atoms with Crippen LogP contribution in [0.15, 0.2) is 29.1 Å². The van der Waals surface area contributed by atoms with Crippen LogP contribution < -0.4 is 10.9 Å². The molecule has 5 nitrogen and oxygen atoms in total. The summed E-state index contributed by atoms with van der Waals surface area (Å²) < 4.78 is 28.1. The number of hydrogen-bond donors (Lipinski definition) is 2. The fraction of sp³-hybridized carbons (Fsp3) is 0.286. The van der Waals surface area contributed by atoms with Crippen molar-refractivity contribution >= 4 is 0 Å². The maximum Gasteiger partial charge on any atom is 0.275 e. The minimum absolute atomic E-state index is 0.144. The van der Waals surface area contributed by atoms with Crippen LogP contribution in [-0.2, 0) is 6.54 Å². The molecule has 0 bridgehead atoms. The number of para-hydroxylation sites is 1. The molecule has 2 aromatic rings. The molecule has 0 fully saturated rings. The van der Waals surface area contributed by atoms with Gasteiger partial charge in [0.2, 0.25) is 0 Å². The Labute approximate surface area is 119 Å². The molecule has 0 unspecified atom stereocenters. The lowest BCUT2D eigenvalue weighted by molar-refractivity contribution is 0.449. The monoisotopic (exact) mass is 295 g/mol. The predicted molar refractivity (Wildman–Crippen MR) is 73.4 cm³/mol. The van der Waals surface area contributed by atoms with Crippen LogP contribution in [0.3, 0.4) is 0 Å². The van der Waals surface area contributed by atoms with Crippen LogP contribution in [0.25, 0.3) is 5.69 Å². The van der Waals surface area contributed by atoms with E-state index >= 15 is 0 Å². The van der Waals surface area contributed by atoms with Crippen molar-refractivity contribution in [1.82, 2.24) is 15.1 Å². The van der Waals surface area contributed by atoms with E-state index in [1.165, 1.54) is 6.07 Å². The van der Waals surface area contributed by atoms with Gasteiger partial charge >= 0.3 is 0 Å². The van der Waals surface area contributed by atoms with Gasteiger partial charge in [0.25, 0.3) is 5.56 Å². The van der Waals surface area contributed by atoms with Crippen molar-refractivity contribution in [2.45, 2.75) is 19.9 Å². The predicted octanol–water partition coefficient (Wildman–Crippen LogP) is 1.72. The topological polar surface area (TPSA) is 67.2 Å². The smallest absolute Gasteiger partial charge is 0.275 e. The summed E-state index contributed by atoms with van der Waals surface area (Å²) in [6, 6.07) is 4.16. The molecule has 21 heavy (non-hydrogen) atoms. The highest BCUT2D eigenvalue weighted by atomic mass is 19.1. The van der Waals surface area contributed by atoms with Gasteiger partial charge in [-0.3, -0.25) is 4.79 Å². The Morgan fingerprint density at radius 1 is 1.33 bits per heavy atom. The van der Waals surface area contributed by atoms with E-state index in [0.717, 1.165) is 24.6 Å². The largest absolute Gasteiger partial charge is 0.506 e. The highest BCUT2D eigenvalue weighted by Gasteiger charge is 2.16. The average Bonchev–Trinajstić information content (AvgIpc) is 2.43. The van der Waals surface area contributed by atoms with Crippen LogP contribution >= 0.6 is 0 Å². The number of nitrogens with zero attached hydrogens (tertiary/aromatic N) is 2. The van der Waals surface area contributed by atoms with E-state index in [-0.39, 0.29) is 18.0 Å². The second-order valence-corrected chi connectivity index (χ2v) is 4.47. The summed E-state index contributed by atoms with van der Waals surface area (Å²) in [4.78, 5) is 11.8. The van der Waals surface area contributed by atoms with Gasteiger partial charge in [-0.25, -0.2) is 8.78 Å². The van der Waals surface area contributed by atoms with Gasteiger partial charge in [0, 0.05) is 12.6 Å². The maximum atomic E-state index is 13.7. The Balaban J connectivity index is 2.49. The van der Waals surface area contributed by atoms with E-state index in [4.69, 9.17) is 0 Å². The van der Waals surface area contributed by atoms with Crippen LogP contribution in [0.2, 0.25) is 0 Å². The highest BCUT2D eigenvalue weighted by Crippen LogP contribution is 2.17. The summed E-state index contributed by atoms with van der Waals surface area (Å²) in [5, 5.41) is 16.5. The summed E-state index contributed by atoms with van der Waals surface area (Å²) in [5.74, 6) is -2.11. The van der Waals surface area contributed by atoms with Crippen molar-refractivity contribution < 1.29 is 13.9 Å². The van der Waals surface area contributed by atoms with Gasteiger partial charge in [0.1, 0.15) is 17.1 Å². The molecule has 1 aromatic carbocycles. The second-order valence-electron chi connectivity index (χ2n) is 4.47. The Bertz CT molecular complexity index is 681. The minimum atomic E-state index is -0.900. The van der Waals surface area contributed by atoms with E-state index in [0.29, 0.717) is 11.2 Å². The summed E-state index contributed by atoms with van der Waals surface area (Å²) in [7, 11) is 0. The van der Waals surface area contributed by atoms with Crippen LogP contribution in [-0.4, -0.2) is 21.4 Å². The van der Waals surface area contributed by atoms with Crippen LogP contribution in [0.1, 0.15) is 19.0 Å². The standard InChI is InChI=1S/C14H15F2N3O2/c1-2-6-17-8-11-12(20)7-13(21)19(18-11)14-9(15)4-3-5-10(14)16/h3-5,7,17,20H,2,6,8H2,1H3. The number of hydrogen-bond acceptors (Lipinski definition) is 4. The van der Waals surface area contributed by atoms with Crippen molar-refractivity contribution in [3.8, 4) is 11.4 Å². The van der Waals surface area contributed by atoms with Crippen molar-refractivity contribution in [2.75, 3.05) is 6.54 Å². The van der Waals surface area contributed by atoms with Crippen molar-refractivity contribution in [3.63, 3.8) is 0 Å². The van der Waals surface area contributed by atoms with Gasteiger partial charge in [-0.05, 0) is 25.1 Å². The molecule has 0 amide bonds. The normalized spacial score (nSPS) is 10.8. The van der Waals surface area contributed by atoms with Crippen LogP contribution in [0.4, 0.5) is 8.78 Å². The number of benzene rings is 1. The maximum absolute atomic E-state index is 13.7. The molecular formula is C14H15F2N3O2. The molecule has 7 heteroatoms. The van der Waals surface area contributed by atoms with Crippen molar-refractivity contribution in [1.29, 1.82) is 0 Å². The first-order valence-electron chi connectivity index (χ1n) is 6.52. The quantitative estimate of drug-likeness (QED) is 0.824. The lowest BCUT2D eigenvalue weighted by atomic mass is 10.3. The Hall–Kier alpha value is -2.28. The van der Waals surface area contributed by atoms with Gasteiger partial charge < -0.3 is 10.4 Å². The van der Waals surface area contributed by atoms with Crippen LogP contribution in [0, 0.1) is 11.6 Å². The van der Waals surface area contributed by atoms with E-state index in [9.17, 15) is 18.7 Å². The first-order chi connectivity index (χ1) is 10.0. The van der Waals surface area contributed by atoms with Gasteiger partial charge in [0.15, 0.2) is 11.6 Å². The first-order valence-corrected chi connectivity index (χ1v) is 6.52. The molecule has 2 rings (SSSR count). The molecule has 0 atom stereocenters. The zero-order valence-electron chi connectivity index (χ0n) is 11.4. The molecule has 0 saturated heterocycles. The average molecular weight is 295 g/mol. The third-order valence-corrected chi connectivity index (χ3v) is 2.85. The molecule has 0 aliphatic heterocycles. The third-order valence-electron chi connectivity index (χ3n) is 2.85. The molecule has 0 aliphatic carbocycles. The van der Waals surface area contributed by atoms with Gasteiger partial charge in [-0.1, -0.05) is 13.0 Å². The molecular weight excluding hydrogens is 280 g/mol. The molecule has 1 heterocycles. The summed E-state index contributed by atoms with van der Waals surface area (Å²) in [6.07, 6.45) is 0.877. The number of halogens is 2. The fourth-order valence-corrected chi connectivity index (χ4v) is 1.84. The number of aromatic nitrogens is 2. The summed E-state index contributed by atoms with van der Waals surface area (Å²) >= 11 is 0. The van der Waals surface area contributed by atoms with E-state index in [1.54, 1.807) is 0 Å². The fourth-order valence-electron chi connectivity index (χ4n) is 1.84. The highest BCUT2D eigenvalue weighted by molar-refractivity contribution is 5.35. The summed E-state index contributed by atoms with van der Waals surface area (Å²) in [6.45, 7) is 2.85. The molecule has 0 aliphatic rings. The van der Waals surface area contributed by atoms with E-state index < -0.39 is 22.9 Å². The number of nitrogens with one attached hydrogen (secondary N) is 1. The lowest BCUT2D eigenvalue weighted by Gasteiger charge is -2.10. The SMILES string of the molecule is CCCNCc1nn(-c2c(F)cccc2F)c(=O)cc1O. The Morgan fingerprint density at radius 2 is 2.00 bits per heavy atom. The molecule has 112 valence electrons. The number of rotatable bonds is 5. The first kappa shape index (κ1) is 15.1. The molecule has 2 N–H and O–H groups in total. The van der Waals surface area contributed by atoms with E-state index in [2.05, 4.69) is 10.4 Å².